The van der Waals surface area contributed by atoms with E-state index in [9.17, 15) is 38.4 Å². The van der Waals surface area contributed by atoms with Gasteiger partial charge >= 0.3 is 0 Å². The molecule has 0 fully saturated rings. The summed E-state index contributed by atoms with van der Waals surface area (Å²) < 4.78 is 24.3. The van der Waals surface area contributed by atoms with E-state index >= 15 is 0 Å². The Morgan fingerprint density at radius 2 is 0.494 bits per heavy atom. The molecule has 0 saturated carbocycles. The fourth-order valence-corrected chi connectivity index (χ4v) is 11.4. The van der Waals surface area contributed by atoms with Crippen LogP contribution in [0.25, 0.3) is 0 Å². The number of nitrogens with two attached hydrogens (primary N) is 2. The number of nitrogen functional groups attached to an aromatic ring is 2. The van der Waals surface area contributed by atoms with Crippen molar-refractivity contribution < 1.29 is 57.3 Å². The predicted molar refractivity (Wildman–Crippen MR) is 330 cm³/mol. The molecule has 14 rings (SSSR count). The second-order valence-corrected chi connectivity index (χ2v) is 21.9. The van der Waals surface area contributed by atoms with Crippen molar-refractivity contribution in [3.63, 3.8) is 0 Å². The number of carbonyl (C=O) groups excluding carboxylic acids is 8. The van der Waals surface area contributed by atoms with Crippen LogP contribution in [0, 0.1) is 0 Å². The maximum atomic E-state index is 14.0. The van der Waals surface area contributed by atoms with E-state index in [1.54, 1.807) is 109 Å². The molecule has 10 aromatic rings. The number of hydrogen-bond acceptors (Lipinski definition) is 14. The van der Waals surface area contributed by atoms with Gasteiger partial charge in [0.2, 0.25) is 0 Å². The number of amides is 8. The second kappa shape index (κ2) is 21.0. The topological polar surface area (TPSA) is 238 Å². The molecule has 18 heteroatoms. The third-order valence-corrected chi connectivity index (χ3v) is 15.9. The summed E-state index contributed by atoms with van der Waals surface area (Å²) in [5.41, 5.74) is 16.0. The van der Waals surface area contributed by atoms with Crippen LogP contribution in [-0.2, 0) is 5.41 Å². The van der Waals surface area contributed by atoms with Gasteiger partial charge in [0.15, 0.2) is 0 Å². The van der Waals surface area contributed by atoms with Crippen molar-refractivity contribution in [1.82, 2.24) is 0 Å². The van der Waals surface area contributed by atoms with Crippen LogP contribution in [0.1, 0.15) is 108 Å². The average molecular weight is 1180 g/mol. The molecule has 432 valence electrons. The molecule has 8 amide bonds. The Kier molecular flexibility index (Phi) is 12.8. The van der Waals surface area contributed by atoms with Crippen LogP contribution < -0.4 is 50.0 Å². The van der Waals surface area contributed by atoms with Gasteiger partial charge in [-0.1, -0.05) is 62.4 Å². The minimum absolute atomic E-state index is 0.115. The van der Waals surface area contributed by atoms with E-state index in [0.29, 0.717) is 57.4 Å². The molecule has 4 N–H and O–H groups in total. The molecule has 0 spiro atoms. The highest BCUT2D eigenvalue weighted by atomic mass is 16.5. The average Bonchev–Trinajstić information content (AvgIpc) is 3.63. The zero-order chi connectivity index (χ0) is 61.6. The van der Waals surface area contributed by atoms with Crippen molar-refractivity contribution in [2.24, 2.45) is 0 Å². The molecular weight excluding hydrogens is 1130 g/mol. The van der Waals surface area contributed by atoms with Crippen molar-refractivity contribution in [2.75, 3.05) is 31.1 Å². The molecule has 4 heterocycles. The summed E-state index contributed by atoms with van der Waals surface area (Å²) in [7, 11) is 0. The van der Waals surface area contributed by atoms with Crippen molar-refractivity contribution >= 4 is 81.4 Å². The number of anilines is 6. The van der Waals surface area contributed by atoms with Gasteiger partial charge in [-0.25, -0.2) is 19.6 Å². The van der Waals surface area contributed by atoms with Gasteiger partial charge in [-0.2, -0.15) is 0 Å². The quantitative estimate of drug-likeness (QED) is 0.0761. The maximum absolute atomic E-state index is 14.0. The number of benzene rings is 10. The van der Waals surface area contributed by atoms with Crippen LogP contribution in [0.2, 0.25) is 0 Å². The molecule has 10 aromatic carbocycles. The predicted octanol–water partition coefficient (Wildman–Crippen LogP) is 13.5. The molecule has 0 atom stereocenters. The summed E-state index contributed by atoms with van der Waals surface area (Å²) >= 11 is 0. The van der Waals surface area contributed by atoms with E-state index in [-0.39, 0.29) is 67.3 Å². The van der Waals surface area contributed by atoms with Crippen molar-refractivity contribution in [3.8, 4) is 46.0 Å². The number of ether oxygens (including phenoxy) is 4. The van der Waals surface area contributed by atoms with Gasteiger partial charge in [-0.15, -0.1) is 0 Å². The van der Waals surface area contributed by atoms with E-state index in [1.165, 1.54) is 60.7 Å². The first-order valence-corrected chi connectivity index (χ1v) is 27.9. The summed E-state index contributed by atoms with van der Waals surface area (Å²) in [6.07, 6.45) is 0. The summed E-state index contributed by atoms with van der Waals surface area (Å²) in [5, 5.41) is 0. The first-order valence-electron chi connectivity index (χ1n) is 27.9. The molecule has 0 bridgehead atoms. The number of nitrogens with zero attached hydrogens (tertiary/aromatic N) is 4. The van der Waals surface area contributed by atoms with E-state index < -0.39 is 52.7 Å². The van der Waals surface area contributed by atoms with Gasteiger partial charge in [0.25, 0.3) is 47.3 Å². The first kappa shape index (κ1) is 54.5. The number of carbonyl (C=O) groups is 8. The highest BCUT2D eigenvalue weighted by Gasteiger charge is 2.42. The lowest BCUT2D eigenvalue weighted by Crippen LogP contribution is -2.31. The number of hydrogen-bond donors (Lipinski definition) is 2. The summed E-state index contributed by atoms with van der Waals surface area (Å²) in [6, 6.07) is 59.2. The van der Waals surface area contributed by atoms with Crippen LogP contribution in [0.4, 0.5) is 34.1 Å². The monoisotopic (exact) mass is 1170 g/mol. The van der Waals surface area contributed by atoms with Crippen LogP contribution >= 0.6 is 0 Å². The molecule has 0 unspecified atom stereocenters. The molecular formula is C71H46N6O12. The summed E-state index contributed by atoms with van der Waals surface area (Å²) in [5.74, 6) is -1.57. The SMILES string of the molecule is CC(C)(c1ccc(Oc2ccc3c(c2)C(=O)N(c2cccc(N4C(=O)c5ccc(Oc6cccc(N)c6)cc5C4=O)c2)C3=O)cc1)c1ccc(Oc2ccc3c(c2)C(=O)N(c2cccc(N4C(=O)c5ccc(Oc6cccc(N)c6)cc5C4=O)c2)C3=O)cc1. The zero-order valence-electron chi connectivity index (χ0n) is 47.1. The Labute approximate surface area is 506 Å². The van der Waals surface area contributed by atoms with Crippen molar-refractivity contribution in [2.45, 2.75) is 19.3 Å². The molecule has 0 radical (unpaired) electrons. The molecule has 0 aromatic heterocycles. The Bertz CT molecular complexity index is 4470. The van der Waals surface area contributed by atoms with E-state index in [0.717, 1.165) is 30.7 Å². The lowest BCUT2D eigenvalue weighted by atomic mass is 9.78. The van der Waals surface area contributed by atoms with Gasteiger partial charge in [0, 0.05) is 28.9 Å². The van der Waals surface area contributed by atoms with E-state index in [2.05, 4.69) is 13.8 Å². The number of imide groups is 4. The Balaban J connectivity index is 0.609. The Morgan fingerprint density at radius 3 is 0.775 bits per heavy atom. The molecule has 4 aliphatic rings. The van der Waals surface area contributed by atoms with Crippen LogP contribution in [0.15, 0.2) is 218 Å². The fourth-order valence-electron chi connectivity index (χ4n) is 11.4. The van der Waals surface area contributed by atoms with Crippen LogP contribution in [-0.4, -0.2) is 47.3 Å². The molecule has 89 heavy (non-hydrogen) atoms. The van der Waals surface area contributed by atoms with E-state index in [1.807, 2.05) is 48.5 Å². The van der Waals surface area contributed by atoms with Crippen molar-refractivity contribution in [1.29, 1.82) is 0 Å². The Hall–Kier alpha value is -12.4. The van der Waals surface area contributed by atoms with Gasteiger partial charge in [0.05, 0.1) is 67.3 Å². The molecule has 0 saturated heterocycles. The fraction of sp³-hybridized carbons (Fsp3) is 0.0423. The minimum Gasteiger partial charge on any atom is -0.457 e. The van der Waals surface area contributed by atoms with Crippen LogP contribution in [0.3, 0.4) is 0 Å². The van der Waals surface area contributed by atoms with Gasteiger partial charge in [0.1, 0.15) is 46.0 Å². The van der Waals surface area contributed by atoms with E-state index in [4.69, 9.17) is 30.4 Å². The van der Waals surface area contributed by atoms with Crippen LogP contribution in [0.5, 0.6) is 46.0 Å². The molecule has 0 aliphatic carbocycles. The first-order chi connectivity index (χ1) is 42.9. The third-order valence-electron chi connectivity index (χ3n) is 15.9. The highest BCUT2D eigenvalue weighted by Crippen LogP contribution is 2.41. The molecule has 18 nitrogen and oxygen atoms in total. The smallest absolute Gasteiger partial charge is 0.266 e. The Morgan fingerprint density at radius 1 is 0.258 bits per heavy atom. The largest absolute Gasteiger partial charge is 0.457 e. The van der Waals surface area contributed by atoms with Crippen molar-refractivity contribution in [3.05, 3.63) is 274 Å². The lowest BCUT2D eigenvalue weighted by molar-refractivity contribution is 0.0908. The summed E-state index contributed by atoms with van der Waals surface area (Å²) in [6.45, 7) is 4.14. The minimum atomic E-state index is -0.610. The lowest BCUT2D eigenvalue weighted by Gasteiger charge is -2.26. The normalized spacial score (nSPS) is 14.1. The maximum Gasteiger partial charge on any atom is 0.266 e. The zero-order valence-corrected chi connectivity index (χ0v) is 47.1. The highest BCUT2D eigenvalue weighted by molar-refractivity contribution is 6.38. The number of fused-ring (bicyclic) bond motifs is 4. The van der Waals surface area contributed by atoms with Gasteiger partial charge in [-0.05, 0) is 169 Å². The second-order valence-electron chi connectivity index (χ2n) is 21.9. The molecule has 4 aliphatic heterocycles. The third kappa shape index (κ3) is 9.49. The number of rotatable bonds is 14. The van der Waals surface area contributed by atoms with Gasteiger partial charge < -0.3 is 30.4 Å². The summed E-state index contributed by atoms with van der Waals surface area (Å²) in [4.78, 5) is 115. The standard InChI is InChI=1S/C71H46N6O12/c1-71(2,39-15-19-47(20-16-39)86-51-23-27-55-59(35-51)67(82)74(63(55)78)43-9-5-11-45(33-43)76-65(80)57-29-25-53(37-61(57)69(76)84)88-49-13-3-7-41(72)31-49)40-17-21-48(22-18-40)87-52-24-28-56-60(36-52)68(83)75(64(56)79)44-10-6-12-46(34-44)77-66(81)58-30-26-54(38-62(58)70(77)85)89-50-14-4-8-42(73)32-50/h3-38H,72-73H2,1-2H3. The van der Waals surface area contributed by atoms with Gasteiger partial charge in [-0.3, -0.25) is 38.4 Å².